The minimum Gasteiger partial charge on any atom is -0.343 e. The van der Waals surface area contributed by atoms with Gasteiger partial charge in [-0.3, -0.25) is 4.79 Å². The minimum absolute atomic E-state index is 0.0385. The lowest BCUT2D eigenvalue weighted by Crippen LogP contribution is -2.31. The lowest BCUT2D eigenvalue weighted by molar-refractivity contribution is -0.123. The Morgan fingerprint density at radius 1 is 1.14 bits per heavy atom. The van der Waals surface area contributed by atoms with Crippen LogP contribution in [0, 0.1) is 11.3 Å². The maximum atomic E-state index is 12.7. The summed E-state index contributed by atoms with van der Waals surface area (Å²) in [5, 5.41) is 7.48. The molecule has 0 saturated heterocycles. The van der Waals surface area contributed by atoms with Crippen molar-refractivity contribution in [1.82, 2.24) is 5.32 Å². The molecule has 0 unspecified atom stereocenters. The molecule has 2 heterocycles. The van der Waals surface area contributed by atoms with E-state index >= 15 is 0 Å². The molecule has 1 N–H and O–H groups in total. The van der Waals surface area contributed by atoms with Crippen LogP contribution in [0.25, 0.3) is 0 Å². The number of thiophene rings is 2. The third kappa shape index (κ3) is 2.44. The highest BCUT2D eigenvalue weighted by Gasteiger charge is 2.58. The Hall–Kier alpha value is -1.13. The second-order valence-electron chi connectivity index (χ2n) is 6.30. The zero-order chi connectivity index (χ0) is 14.3. The van der Waals surface area contributed by atoms with Gasteiger partial charge in [0, 0.05) is 15.7 Å². The largest absolute Gasteiger partial charge is 0.343 e. The van der Waals surface area contributed by atoms with Crippen molar-refractivity contribution in [1.29, 1.82) is 0 Å². The normalized spacial score (nSPS) is 22.8. The molecule has 21 heavy (non-hydrogen) atoms. The molecule has 1 spiro atoms. The van der Waals surface area contributed by atoms with Crippen molar-refractivity contribution in [3.8, 4) is 0 Å². The molecule has 0 aromatic carbocycles. The van der Waals surface area contributed by atoms with E-state index < -0.39 is 0 Å². The first-order chi connectivity index (χ1) is 10.3. The van der Waals surface area contributed by atoms with E-state index in [1.807, 2.05) is 0 Å². The van der Waals surface area contributed by atoms with E-state index in [9.17, 15) is 4.79 Å². The molecular formula is C17H19NOS2. The fourth-order valence-electron chi connectivity index (χ4n) is 3.79. The number of rotatable bonds is 4. The van der Waals surface area contributed by atoms with Crippen molar-refractivity contribution >= 4 is 28.6 Å². The van der Waals surface area contributed by atoms with Crippen LogP contribution in [0.1, 0.15) is 47.9 Å². The Bertz CT molecular complexity index is 577. The average molecular weight is 317 g/mol. The summed E-state index contributed by atoms with van der Waals surface area (Å²) in [6.45, 7) is 0. The number of amides is 1. The van der Waals surface area contributed by atoms with Crippen molar-refractivity contribution in [3.63, 3.8) is 0 Å². The second-order valence-corrected chi connectivity index (χ2v) is 8.26. The third-order valence-electron chi connectivity index (χ3n) is 5.05. The summed E-state index contributed by atoms with van der Waals surface area (Å²) in [7, 11) is 0. The van der Waals surface area contributed by atoms with Gasteiger partial charge in [0.1, 0.15) is 0 Å². The zero-order valence-electron chi connectivity index (χ0n) is 11.9. The molecule has 0 radical (unpaired) electrons. The summed E-state index contributed by atoms with van der Waals surface area (Å²) in [6, 6.07) is 8.39. The van der Waals surface area contributed by atoms with Crippen molar-refractivity contribution in [3.05, 3.63) is 44.8 Å². The van der Waals surface area contributed by atoms with Gasteiger partial charge in [-0.25, -0.2) is 0 Å². The monoisotopic (exact) mass is 317 g/mol. The molecule has 2 nitrogen and oxygen atoms in total. The van der Waals surface area contributed by atoms with E-state index in [0.717, 1.165) is 6.42 Å². The minimum atomic E-state index is 0.0385. The summed E-state index contributed by atoms with van der Waals surface area (Å²) < 4.78 is 0. The Morgan fingerprint density at radius 3 is 2.29 bits per heavy atom. The van der Waals surface area contributed by atoms with Gasteiger partial charge >= 0.3 is 0 Å². The Morgan fingerprint density at radius 2 is 1.76 bits per heavy atom. The first-order valence-corrected chi connectivity index (χ1v) is 9.42. The number of hydrogen-bond acceptors (Lipinski definition) is 3. The molecule has 1 amide bonds. The third-order valence-corrected chi connectivity index (χ3v) is 6.92. The van der Waals surface area contributed by atoms with E-state index in [4.69, 9.17) is 0 Å². The summed E-state index contributed by atoms with van der Waals surface area (Å²) in [5.41, 5.74) is 0.375. The highest BCUT2D eigenvalue weighted by Crippen LogP contribution is 2.63. The van der Waals surface area contributed by atoms with E-state index in [0.29, 0.717) is 5.41 Å². The van der Waals surface area contributed by atoms with Gasteiger partial charge in [0.2, 0.25) is 5.91 Å². The fourth-order valence-corrected chi connectivity index (χ4v) is 5.45. The van der Waals surface area contributed by atoms with E-state index in [-0.39, 0.29) is 17.9 Å². The van der Waals surface area contributed by atoms with Gasteiger partial charge in [-0.05, 0) is 47.6 Å². The quantitative estimate of drug-likeness (QED) is 0.877. The van der Waals surface area contributed by atoms with Crippen LogP contribution >= 0.6 is 22.7 Å². The molecule has 4 heteroatoms. The van der Waals surface area contributed by atoms with Gasteiger partial charge in [-0.2, -0.15) is 0 Å². The highest BCUT2D eigenvalue weighted by atomic mass is 32.1. The molecule has 2 fully saturated rings. The number of carbonyl (C=O) groups is 1. The molecule has 2 aromatic heterocycles. The Kier molecular flexibility index (Phi) is 3.38. The topological polar surface area (TPSA) is 29.1 Å². The smallest absolute Gasteiger partial charge is 0.224 e. The van der Waals surface area contributed by atoms with Gasteiger partial charge in [-0.15, -0.1) is 22.7 Å². The predicted octanol–water partition coefficient (Wildman–Crippen LogP) is 4.60. The molecular weight excluding hydrogens is 298 g/mol. The predicted molar refractivity (Wildman–Crippen MR) is 87.6 cm³/mol. The molecule has 2 saturated carbocycles. The lowest BCUT2D eigenvalue weighted by Gasteiger charge is -2.17. The Labute approximate surface area is 133 Å². The Balaban J connectivity index is 1.52. The molecule has 0 bridgehead atoms. The lowest BCUT2D eigenvalue weighted by atomic mass is 10.0. The van der Waals surface area contributed by atoms with Gasteiger partial charge in [-0.1, -0.05) is 25.0 Å². The van der Waals surface area contributed by atoms with Crippen LogP contribution in [0.5, 0.6) is 0 Å². The van der Waals surface area contributed by atoms with E-state index in [1.54, 1.807) is 22.7 Å². The van der Waals surface area contributed by atoms with Crippen LogP contribution in [-0.4, -0.2) is 5.91 Å². The molecule has 4 rings (SSSR count). The molecule has 1 atom stereocenters. The molecule has 110 valence electrons. The summed E-state index contributed by atoms with van der Waals surface area (Å²) in [6.07, 6.45) is 6.24. The van der Waals surface area contributed by atoms with Crippen LogP contribution in [0.4, 0.5) is 0 Å². The van der Waals surface area contributed by atoms with Crippen LogP contribution in [0.15, 0.2) is 35.0 Å². The molecule has 2 aromatic rings. The number of carbonyl (C=O) groups excluding carboxylic acids is 1. The SMILES string of the molecule is O=C(NC(c1cccs1)c1cccs1)[C@@H]1CC12CCCC2. The van der Waals surface area contributed by atoms with Gasteiger partial charge in [0.15, 0.2) is 0 Å². The fraction of sp³-hybridized carbons (Fsp3) is 0.471. The first-order valence-electron chi connectivity index (χ1n) is 7.66. The van der Waals surface area contributed by atoms with Crippen LogP contribution in [0.2, 0.25) is 0 Å². The molecule has 2 aliphatic carbocycles. The van der Waals surface area contributed by atoms with Crippen molar-refractivity contribution in [2.45, 2.75) is 38.1 Å². The first kappa shape index (κ1) is 13.5. The summed E-state index contributed by atoms with van der Waals surface area (Å²) >= 11 is 3.44. The van der Waals surface area contributed by atoms with Crippen molar-refractivity contribution in [2.75, 3.05) is 0 Å². The number of hydrogen-bond donors (Lipinski definition) is 1. The maximum absolute atomic E-state index is 12.7. The van der Waals surface area contributed by atoms with Crippen molar-refractivity contribution in [2.24, 2.45) is 11.3 Å². The summed E-state index contributed by atoms with van der Waals surface area (Å²) in [4.78, 5) is 15.1. The van der Waals surface area contributed by atoms with E-state index in [1.165, 1.54) is 35.4 Å². The van der Waals surface area contributed by atoms with Gasteiger partial charge in [0.25, 0.3) is 0 Å². The van der Waals surface area contributed by atoms with Gasteiger partial charge in [0.05, 0.1) is 6.04 Å². The second kappa shape index (κ2) is 5.25. The standard InChI is InChI=1S/C17H19NOS2/c19-16(12-11-17(12)7-1-2-8-17)18-15(13-5-3-9-20-13)14-6-4-10-21-14/h3-6,9-10,12,15H,1-2,7-8,11H2,(H,18,19)/t12-/m0/s1. The maximum Gasteiger partial charge on any atom is 0.224 e. The summed E-state index contributed by atoms with van der Waals surface area (Å²) in [5.74, 6) is 0.533. The van der Waals surface area contributed by atoms with Crippen LogP contribution in [-0.2, 0) is 4.79 Å². The highest BCUT2D eigenvalue weighted by molar-refractivity contribution is 7.11. The zero-order valence-corrected chi connectivity index (χ0v) is 13.5. The van der Waals surface area contributed by atoms with E-state index in [2.05, 4.69) is 40.3 Å². The average Bonchev–Trinajstić information content (AvgIpc) is 3.02. The van der Waals surface area contributed by atoms with Crippen molar-refractivity contribution < 1.29 is 4.79 Å². The van der Waals surface area contributed by atoms with Crippen LogP contribution in [0.3, 0.4) is 0 Å². The molecule has 2 aliphatic rings. The molecule has 0 aliphatic heterocycles. The number of nitrogens with one attached hydrogen (secondary N) is 1. The van der Waals surface area contributed by atoms with Gasteiger partial charge < -0.3 is 5.32 Å². The van der Waals surface area contributed by atoms with Crippen LogP contribution < -0.4 is 5.32 Å².